The predicted octanol–water partition coefficient (Wildman–Crippen LogP) is 3.29. The molecule has 1 atom stereocenters. The highest BCUT2D eigenvalue weighted by molar-refractivity contribution is 5.15. The molecule has 0 spiro atoms. The summed E-state index contributed by atoms with van der Waals surface area (Å²) in [5, 5.41) is 4.01. The molecule has 0 radical (unpaired) electrons. The zero-order valence-corrected chi connectivity index (χ0v) is 12.5. The van der Waals surface area contributed by atoms with Crippen LogP contribution in [0.4, 0.5) is 0 Å². The van der Waals surface area contributed by atoms with Crippen LogP contribution in [0.15, 0.2) is 34.9 Å². The standard InChI is InChI=1S/C16H23N3O/c1-16(2,3)11-14-18-15(20-19-14)13(17)10-9-12-7-5-4-6-8-12/h4-8,13H,9-11,17H2,1-3H3. The van der Waals surface area contributed by atoms with Crippen LogP contribution in [0.2, 0.25) is 0 Å². The Morgan fingerprint density at radius 3 is 2.55 bits per heavy atom. The average molecular weight is 273 g/mol. The molecule has 2 aromatic rings. The Morgan fingerprint density at radius 2 is 1.90 bits per heavy atom. The largest absolute Gasteiger partial charge is 0.338 e. The van der Waals surface area contributed by atoms with Crippen molar-refractivity contribution in [2.75, 3.05) is 0 Å². The van der Waals surface area contributed by atoms with Crippen molar-refractivity contribution in [2.24, 2.45) is 11.1 Å². The Bertz CT molecular complexity index is 528. The van der Waals surface area contributed by atoms with Gasteiger partial charge in [0.2, 0.25) is 5.89 Å². The Balaban J connectivity index is 1.91. The summed E-state index contributed by atoms with van der Waals surface area (Å²) in [6.07, 6.45) is 2.52. The van der Waals surface area contributed by atoms with Gasteiger partial charge in [0.1, 0.15) is 0 Å². The van der Waals surface area contributed by atoms with E-state index in [1.807, 2.05) is 18.2 Å². The van der Waals surface area contributed by atoms with Crippen molar-refractivity contribution in [2.45, 2.75) is 46.1 Å². The zero-order chi connectivity index (χ0) is 14.6. The van der Waals surface area contributed by atoms with Crippen molar-refractivity contribution < 1.29 is 4.52 Å². The maximum Gasteiger partial charge on any atom is 0.243 e. The van der Waals surface area contributed by atoms with Gasteiger partial charge in [-0.3, -0.25) is 0 Å². The Labute approximate surface area is 120 Å². The summed E-state index contributed by atoms with van der Waals surface area (Å²) in [4.78, 5) is 4.41. The van der Waals surface area contributed by atoms with E-state index in [-0.39, 0.29) is 11.5 Å². The first-order valence-corrected chi connectivity index (χ1v) is 7.06. The number of nitrogens with two attached hydrogens (primary N) is 1. The molecule has 0 fully saturated rings. The molecule has 1 aromatic heterocycles. The third-order valence-electron chi connectivity index (χ3n) is 3.08. The van der Waals surface area contributed by atoms with Crippen LogP contribution < -0.4 is 5.73 Å². The van der Waals surface area contributed by atoms with E-state index in [0.29, 0.717) is 5.89 Å². The molecule has 0 saturated heterocycles. The van der Waals surface area contributed by atoms with Crippen molar-refractivity contribution in [1.29, 1.82) is 0 Å². The normalized spacial score (nSPS) is 13.4. The highest BCUT2D eigenvalue weighted by atomic mass is 16.5. The smallest absolute Gasteiger partial charge is 0.243 e. The van der Waals surface area contributed by atoms with E-state index >= 15 is 0 Å². The molecule has 0 aliphatic carbocycles. The lowest BCUT2D eigenvalue weighted by Gasteiger charge is -2.14. The van der Waals surface area contributed by atoms with E-state index in [2.05, 4.69) is 43.0 Å². The average Bonchev–Trinajstić information content (AvgIpc) is 2.83. The molecular weight excluding hydrogens is 250 g/mol. The van der Waals surface area contributed by atoms with Gasteiger partial charge in [0, 0.05) is 6.42 Å². The topological polar surface area (TPSA) is 64.9 Å². The molecular formula is C16H23N3O. The van der Waals surface area contributed by atoms with Crippen LogP contribution in [0.25, 0.3) is 0 Å². The van der Waals surface area contributed by atoms with Crippen molar-refractivity contribution >= 4 is 0 Å². The van der Waals surface area contributed by atoms with Gasteiger partial charge in [0.25, 0.3) is 0 Å². The number of benzene rings is 1. The van der Waals surface area contributed by atoms with Crippen LogP contribution in [0.3, 0.4) is 0 Å². The predicted molar refractivity (Wildman–Crippen MR) is 79.1 cm³/mol. The molecule has 0 aliphatic rings. The van der Waals surface area contributed by atoms with Crippen molar-refractivity contribution in [1.82, 2.24) is 10.1 Å². The van der Waals surface area contributed by atoms with E-state index in [0.717, 1.165) is 25.1 Å². The van der Waals surface area contributed by atoms with E-state index in [9.17, 15) is 0 Å². The third kappa shape index (κ3) is 4.46. The maximum atomic E-state index is 6.12. The number of hydrogen-bond acceptors (Lipinski definition) is 4. The van der Waals surface area contributed by atoms with Crippen LogP contribution >= 0.6 is 0 Å². The summed E-state index contributed by atoms with van der Waals surface area (Å²) in [6.45, 7) is 6.45. The van der Waals surface area contributed by atoms with Gasteiger partial charge in [0.05, 0.1) is 6.04 Å². The van der Waals surface area contributed by atoms with Crippen molar-refractivity contribution in [3.05, 3.63) is 47.6 Å². The summed E-state index contributed by atoms with van der Waals surface area (Å²) < 4.78 is 5.27. The maximum absolute atomic E-state index is 6.12. The second kappa shape index (κ2) is 6.18. The van der Waals surface area contributed by atoms with Gasteiger partial charge in [-0.1, -0.05) is 56.3 Å². The van der Waals surface area contributed by atoms with Crippen molar-refractivity contribution in [3.8, 4) is 0 Å². The van der Waals surface area contributed by atoms with Gasteiger partial charge in [0.15, 0.2) is 5.82 Å². The number of nitrogens with zero attached hydrogens (tertiary/aromatic N) is 2. The van der Waals surface area contributed by atoms with Gasteiger partial charge in [-0.2, -0.15) is 4.98 Å². The van der Waals surface area contributed by atoms with E-state index in [1.54, 1.807) is 0 Å². The first kappa shape index (κ1) is 14.7. The fraction of sp³-hybridized carbons (Fsp3) is 0.500. The summed E-state index contributed by atoms with van der Waals surface area (Å²) >= 11 is 0. The lowest BCUT2D eigenvalue weighted by Crippen LogP contribution is -2.13. The van der Waals surface area contributed by atoms with Crippen LogP contribution in [-0.2, 0) is 12.8 Å². The lowest BCUT2D eigenvalue weighted by molar-refractivity contribution is 0.336. The second-order valence-electron chi connectivity index (χ2n) is 6.42. The molecule has 1 aromatic carbocycles. The molecule has 20 heavy (non-hydrogen) atoms. The zero-order valence-electron chi connectivity index (χ0n) is 12.5. The molecule has 2 N–H and O–H groups in total. The minimum atomic E-state index is -0.198. The van der Waals surface area contributed by atoms with Crippen LogP contribution in [0, 0.1) is 5.41 Å². The SMILES string of the molecule is CC(C)(C)Cc1noc(C(N)CCc2ccccc2)n1. The van der Waals surface area contributed by atoms with Gasteiger partial charge in [-0.15, -0.1) is 0 Å². The minimum absolute atomic E-state index is 0.148. The highest BCUT2D eigenvalue weighted by Gasteiger charge is 2.19. The molecule has 0 aliphatic heterocycles. The van der Waals surface area contributed by atoms with Gasteiger partial charge in [-0.05, 0) is 23.8 Å². The van der Waals surface area contributed by atoms with Crippen molar-refractivity contribution in [3.63, 3.8) is 0 Å². The number of rotatable bonds is 5. The summed E-state index contributed by atoms with van der Waals surface area (Å²) in [7, 11) is 0. The van der Waals surface area contributed by atoms with Crippen LogP contribution in [0.1, 0.15) is 50.5 Å². The van der Waals surface area contributed by atoms with E-state index in [1.165, 1.54) is 5.56 Å². The van der Waals surface area contributed by atoms with Crippen LogP contribution in [0.5, 0.6) is 0 Å². The monoisotopic (exact) mass is 273 g/mol. The number of aromatic nitrogens is 2. The fourth-order valence-corrected chi connectivity index (χ4v) is 2.05. The van der Waals surface area contributed by atoms with Gasteiger partial charge in [-0.25, -0.2) is 0 Å². The number of hydrogen-bond donors (Lipinski definition) is 1. The Hall–Kier alpha value is -1.68. The Kier molecular flexibility index (Phi) is 4.55. The highest BCUT2D eigenvalue weighted by Crippen LogP contribution is 2.20. The molecule has 4 nitrogen and oxygen atoms in total. The Morgan fingerprint density at radius 1 is 1.20 bits per heavy atom. The number of aryl methyl sites for hydroxylation is 1. The van der Waals surface area contributed by atoms with Crippen LogP contribution in [-0.4, -0.2) is 10.1 Å². The van der Waals surface area contributed by atoms with Gasteiger partial charge >= 0.3 is 0 Å². The summed E-state index contributed by atoms with van der Waals surface area (Å²) in [6, 6.07) is 10.1. The summed E-state index contributed by atoms with van der Waals surface area (Å²) in [5.74, 6) is 1.28. The molecule has 1 unspecified atom stereocenters. The molecule has 2 rings (SSSR count). The molecule has 0 saturated carbocycles. The molecule has 108 valence electrons. The fourth-order valence-electron chi connectivity index (χ4n) is 2.05. The van der Waals surface area contributed by atoms with Gasteiger partial charge < -0.3 is 10.3 Å². The second-order valence-corrected chi connectivity index (χ2v) is 6.42. The quantitative estimate of drug-likeness (QED) is 0.907. The van der Waals surface area contributed by atoms with E-state index in [4.69, 9.17) is 10.3 Å². The molecule has 0 amide bonds. The first-order chi connectivity index (χ1) is 9.44. The lowest BCUT2D eigenvalue weighted by atomic mass is 9.92. The summed E-state index contributed by atoms with van der Waals surface area (Å²) in [5.41, 5.74) is 7.55. The van der Waals surface area contributed by atoms with E-state index < -0.39 is 0 Å². The minimum Gasteiger partial charge on any atom is -0.338 e. The molecule has 0 bridgehead atoms. The third-order valence-corrected chi connectivity index (χ3v) is 3.08. The molecule has 1 heterocycles. The molecule has 4 heteroatoms. The first-order valence-electron chi connectivity index (χ1n) is 7.06.